The molecular formula is C15H17ClF3N3O. The standard InChI is InChI=1S/C15H17ClF3N3O/c1-4-11-12(14(23)21(5-2)6-3)22-8-9(15(17,18)19)7-10(16)13(22)20-11/h7-8H,4-6H2,1-3H3. The van der Waals surface area contributed by atoms with E-state index in [2.05, 4.69) is 4.98 Å². The second-order valence-corrected chi connectivity index (χ2v) is 5.41. The van der Waals surface area contributed by atoms with Crippen molar-refractivity contribution in [2.75, 3.05) is 13.1 Å². The first kappa shape index (κ1) is 17.6. The molecule has 0 unspecified atom stereocenters. The Morgan fingerprint density at radius 2 is 1.91 bits per heavy atom. The van der Waals surface area contributed by atoms with Crippen LogP contribution in [0, 0.1) is 0 Å². The third kappa shape index (κ3) is 3.15. The van der Waals surface area contributed by atoms with Gasteiger partial charge in [0.25, 0.3) is 5.91 Å². The van der Waals surface area contributed by atoms with Gasteiger partial charge in [0.2, 0.25) is 0 Å². The lowest BCUT2D eigenvalue weighted by Gasteiger charge is -2.19. The van der Waals surface area contributed by atoms with E-state index >= 15 is 0 Å². The lowest BCUT2D eigenvalue weighted by Crippen LogP contribution is -2.32. The summed E-state index contributed by atoms with van der Waals surface area (Å²) in [6, 6.07) is 0.828. The largest absolute Gasteiger partial charge is 0.417 e. The molecule has 0 aliphatic carbocycles. The van der Waals surface area contributed by atoms with Gasteiger partial charge in [0.1, 0.15) is 5.69 Å². The van der Waals surface area contributed by atoms with Crippen LogP contribution in [-0.4, -0.2) is 33.3 Å². The fourth-order valence-electron chi connectivity index (χ4n) is 2.44. The molecular weight excluding hydrogens is 331 g/mol. The van der Waals surface area contributed by atoms with Gasteiger partial charge in [-0.15, -0.1) is 0 Å². The smallest absolute Gasteiger partial charge is 0.338 e. The van der Waals surface area contributed by atoms with Crippen LogP contribution >= 0.6 is 11.6 Å². The van der Waals surface area contributed by atoms with Crippen LogP contribution in [0.15, 0.2) is 12.3 Å². The fourth-order valence-corrected chi connectivity index (χ4v) is 2.69. The molecule has 0 N–H and O–H groups in total. The number of rotatable bonds is 4. The van der Waals surface area contributed by atoms with Crippen molar-refractivity contribution in [2.24, 2.45) is 0 Å². The van der Waals surface area contributed by atoms with Gasteiger partial charge in [-0.1, -0.05) is 18.5 Å². The third-order valence-corrected chi connectivity index (χ3v) is 3.94. The van der Waals surface area contributed by atoms with E-state index in [1.165, 1.54) is 4.90 Å². The Morgan fingerprint density at radius 3 is 2.39 bits per heavy atom. The van der Waals surface area contributed by atoms with Crippen molar-refractivity contribution < 1.29 is 18.0 Å². The Kier molecular flexibility index (Phi) is 4.89. The summed E-state index contributed by atoms with van der Waals surface area (Å²) in [5, 5.41) is -0.131. The van der Waals surface area contributed by atoms with Gasteiger partial charge in [0.15, 0.2) is 5.65 Å². The van der Waals surface area contributed by atoms with E-state index in [9.17, 15) is 18.0 Å². The van der Waals surface area contributed by atoms with Gasteiger partial charge < -0.3 is 4.90 Å². The molecule has 1 amide bonds. The first-order valence-electron chi connectivity index (χ1n) is 7.31. The maximum Gasteiger partial charge on any atom is 0.417 e. The van der Waals surface area contributed by atoms with Crippen molar-refractivity contribution in [3.05, 3.63) is 34.2 Å². The third-order valence-electron chi connectivity index (χ3n) is 3.66. The number of aromatic nitrogens is 2. The zero-order valence-electron chi connectivity index (χ0n) is 13.0. The van der Waals surface area contributed by atoms with Crippen molar-refractivity contribution in [2.45, 2.75) is 33.4 Å². The molecule has 8 heteroatoms. The number of fused-ring (bicyclic) bond motifs is 1. The summed E-state index contributed by atoms with van der Waals surface area (Å²) in [6.07, 6.45) is -3.25. The Morgan fingerprint density at radius 1 is 1.30 bits per heavy atom. The molecule has 23 heavy (non-hydrogen) atoms. The molecule has 0 spiro atoms. The summed E-state index contributed by atoms with van der Waals surface area (Å²) >= 11 is 5.95. The molecule has 2 heterocycles. The zero-order chi connectivity index (χ0) is 17.4. The lowest BCUT2D eigenvalue weighted by molar-refractivity contribution is -0.137. The van der Waals surface area contributed by atoms with Crippen molar-refractivity contribution in [3.8, 4) is 0 Å². The van der Waals surface area contributed by atoms with E-state index in [0.717, 1.165) is 16.7 Å². The molecule has 0 radical (unpaired) electrons. The van der Waals surface area contributed by atoms with Gasteiger partial charge in [0.05, 0.1) is 16.3 Å². The quantitative estimate of drug-likeness (QED) is 0.836. The van der Waals surface area contributed by atoms with E-state index in [4.69, 9.17) is 11.6 Å². The number of aryl methyl sites for hydroxylation is 1. The van der Waals surface area contributed by atoms with E-state index in [-0.39, 0.29) is 22.3 Å². The second-order valence-electron chi connectivity index (χ2n) is 5.01. The Labute approximate surface area is 136 Å². The Balaban J connectivity index is 2.76. The fraction of sp³-hybridized carbons (Fsp3) is 0.467. The van der Waals surface area contributed by atoms with Crippen LogP contribution in [0.5, 0.6) is 0 Å². The number of pyridine rings is 1. The number of hydrogen-bond donors (Lipinski definition) is 0. The summed E-state index contributed by atoms with van der Waals surface area (Å²) in [7, 11) is 0. The Hall–Kier alpha value is -1.76. The van der Waals surface area contributed by atoms with Gasteiger partial charge in [0, 0.05) is 19.3 Å². The molecule has 0 fully saturated rings. The second kappa shape index (κ2) is 6.39. The molecule has 2 aromatic heterocycles. The van der Waals surface area contributed by atoms with Crippen molar-refractivity contribution in [3.63, 3.8) is 0 Å². The first-order chi connectivity index (χ1) is 10.7. The predicted octanol–water partition coefficient (Wildman–Crippen LogP) is 4.05. The van der Waals surface area contributed by atoms with Crippen LogP contribution in [0.3, 0.4) is 0 Å². The number of alkyl halides is 3. The molecule has 0 saturated carbocycles. The van der Waals surface area contributed by atoms with Crippen LogP contribution in [0.1, 0.15) is 42.5 Å². The van der Waals surface area contributed by atoms with Gasteiger partial charge in [-0.3, -0.25) is 9.20 Å². The summed E-state index contributed by atoms with van der Waals surface area (Å²) in [4.78, 5) is 18.5. The first-order valence-corrected chi connectivity index (χ1v) is 7.69. The monoisotopic (exact) mass is 347 g/mol. The van der Waals surface area contributed by atoms with Crippen LogP contribution in [0.2, 0.25) is 5.02 Å². The number of halogens is 4. The maximum atomic E-state index is 13.0. The van der Waals surface area contributed by atoms with E-state index in [1.54, 1.807) is 6.92 Å². The summed E-state index contributed by atoms with van der Waals surface area (Å²) in [5.41, 5.74) is -0.182. The minimum atomic E-state index is -4.55. The highest BCUT2D eigenvalue weighted by molar-refractivity contribution is 6.33. The molecule has 0 aromatic carbocycles. The van der Waals surface area contributed by atoms with E-state index < -0.39 is 11.7 Å². The predicted molar refractivity (Wildman–Crippen MR) is 81.8 cm³/mol. The normalized spacial score (nSPS) is 12.0. The Bertz CT molecular complexity index is 736. The SMILES string of the molecule is CCc1nc2c(Cl)cc(C(F)(F)F)cn2c1C(=O)N(CC)CC. The lowest BCUT2D eigenvalue weighted by atomic mass is 10.2. The summed E-state index contributed by atoms with van der Waals surface area (Å²) in [5.74, 6) is -0.352. The van der Waals surface area contributed by atoms with E-state index in [0.29, 0.717) is 25.2 Å². The number of carbonyl (C=O) groups is 1. The average Bonchev–Trinajstić information content (AvgIpc) is 2.86. The molecule has 0 saturated heterocycles. The molecule has 0 aliphatic heterocycles. The highest BCUT2D eigenvalue weighted by Gasteiger charge is 2.33. The molecule has 2 rings (SSSR count). The minimum absolute atomic E-state index is 0.131. The van der Waals surface area contributed by atoms with Crippen molar-refractivity contribution in [1.82, 2.24) is 14.3 Å². The number of hydrogen-bond acceptors (Lipinski definition) is 2. The van der Waals surface area contributed by atoms with E-state index in [1.807, 2.05) is 13.8 Å². The molecule has 0 bridgehead atoms. The number of carbonyl (C=O) groups excluding carboxylic acids is 1. The highest BCUT2D eigenvalue weighted by atomic mass is 35.5. The maximum absolute atomic E-state index is 13.0. The number of amides is 1. The van der Waals surface area contributed by atoms with Crippen LogP contribution in [0.4, 0.5) is 13.2 Å². The number of imidazole rings is 1. The van der Waals surface area contributed by atoms with Crippen molar-refractivity contribution in [1.29, 1.82) is 0 Å². The molecule has 0 atom stereocenters. The highest BCUT2D eigenvalue weighted by Crippen LogP contribution is 2.33. The van der Waals surface area contributed by atoms with Gasteiger partial charge >= 0.3 is 6.18 Å². The molecule has 2 aromatic rings. The minimum Gasteiger partial charge on any atom is -0.338 e. The average molecular weight is 348 g/mol. The van der Waals surface area contributed by atoms with Gasteiger partial charge in [-0.05, 0) is 26.3 Å². The van der Waals surface area contributed by atoms with Crippen molar-refractivity contribution >= 4 is 23.2 Å². The zero-order valence-corrected chi connectivity index (χ0v) is 13.8. The number of nitrogens with zero attached hydrogens (tertiary/aromatic N) is 3. The van der Waals surface area contributed by atoms with Crippen LogP contribution < -0.4 is 0 Å². The summed E-state index contributed by atoms with van der Waals surface area (Å²) < 4.78 is 40.2. The molecule has 0 aliphatic rings. The van der Waals surface area contributed by atoms with Gasteiger partial charge in [-0.2, -0.15) is 13.2 Å². The van der Waals surface area contributed by atoms with Crippen LogP contribution in [0.25, 0.3) is 5.65 Å². The topological polar surface area (TPSA) is 37.6 Å². The summed E-state index contributed by atoms with van der Waals surface area (Å²) in [6.45, 7) is 6.32. The van der Waals surface area contributed by atoms with Gasteiger partial charge in [-0.25, -0.2) is 4.98 Å². The molecule has 4 nitrogen and oxygen atoms in total. The molecule has 126 valence electrons. The van der Waals surface area contributed by atoms with Crippen LogP contribution in [-0.2, 0) is 12.6 Å².